The Bertz CT molecular complexity index is 1420. The lowest BCUT2D eigenvalue weighted by Gasteiger charge is -2.14. The Morgan fingerprint density at radius 3 is 2.42 bits per heavy atom. The first kappa shape index (κ1) is 26.5. The van der Waals surface area contributed by atoms with E-state index in [4.69, 9.17) is 11.3 Å². The summed E-state index contributed by atoms with van der Waals surface area (Å²) in [7, 11) is 0. The van der Waals surface area contributed by atoms with Gasteiger partial charge in [0, 0.05) is 25.1 Å². The topological polar surface area (TPSA) is 122 Å². The lowest BCUT2D eigenvalue weighted by molar-refractivity contribution is 0.0946. The Morgan fingerprint density at radius 1 is 1.00 bits per heavy atom. The number of benzene rings is 3. The van der Waals surface area contributed by atoms with Gasteiger partial charge in [0.2, 0.25) is 0 Å². The van der Waals surface area contributed by atoms with E-state index >= 15 is 0 Å². The first-order valence-electron chi connectivity index (χ1n) is 12.9. The number of carbonyl (C=O) groups is 1. The largest absolute Gasteiger partial charge is 0.351 e. The molecule has 0 aliphatic heterocycles. The maximum atomic E-state index is 12.7. The number of aromatic nitrogens is 2. The van der Waals surface area contributed by atoms with E-state index in [1.54, 1.807) is 6.20 Å². The summed E-state index contributed by atoms with van der Waals surface area (Å²) >= 11 is 0. The number of aryl methyl sites for hydroxylation is 1. The van der Waals surface area contributed by atoms with Crippen LogP contribution in [0.5, 0.6) is 0 Å². The van der Waals surface area contributed by atoms with Crippen LogP contribution in [0.4, 0.5) is 0 Å². The predicted octanol–water partition coefficient (Wildman–Crippen LogP) is 6.01. The monoisotopic (exact) mass is 507 g/mol. The SMILES string of the molecule is CCCCc1ncc(C(=O)NCC)n1Cc1ccc(-c2cc(-c3ccccc3)ccc2C(=N)N=NN)cc1. The van der Waals surface area contributed by atoms with Crippen LogP contribution in [0.1, 0.15) is 54.1 Å². The van der Waals surface area contributed by atoms with Crippen molar-refractivity contribution in [3.05, 3.63) is 102 Å². The number of amidine groups is 1. The van der Waals surface area contributed by atoms with Gasteiger partial charge in [0.1, 0.15) is 11.5 Å². The minimum Gasteiger partial charge on any atom is -0.351 e. The highest BCUT2D eigenvalue weighted by Crippen LogP contribution is 2.31. The van der Waals surface area contributed by atoms with Gasteiger partial charge in [0.05, 0.1) is 6.20 Å². The number of rotatable bonds is 10. The molecular formula is C30H33N7O. The van der Waals surface area contributed by atoms with Gasteiger partial charge in [-0.05, 0) is 53.3 Å². The molecule has 0 bridgehead atoms. The van der Waals surface area contributed by atoms with Gasteiger partial charge in [0.25, 0.3) is 5.91 Å². The molecule has 0 unspecified atom stereocenters. The van der Waals surface area contributed by atoms with Gasteiger partial charge in [-0.1, -0.05) is 79.2 Å². The zero-order valence-corrected chi connectivity index (χ0v) is 21.8. The number of unbranched alkanes of at least 4 members (excludes halogenated alkanes) is 1. The summed E-state index contributed by atoms with van der Waals surface area (Å²) in [6.07, 6.45) is 4.56. The third-order valence-electron chi connectivity index (χ3n) is 6.41. The number of hydrogen-bond acceptors (Lipinski definition) is 4. The molecule has 0 saturated carbocycles. The van der Waals surface area contributed by atoms with Crippen molar-refractivity contribution in [2.45, 2.75) is 39.7 Å². The normalized spacial score (nSPS) is 11.1. The van der Waals surface area contributed by atoms with Crippen molar-refractivity contribution in [3.8, 4) is 22.3 Å². The molecule has 1 heterocycles. The molecule has 0 fully saturated rings. The average molecular weight is 508 g/mol. The molecule has 38 heavy (non-hydrogen) atoms. The van der Waals surface area contributed by atoms with E-state index < -0.39 is 0 Å². The van der Waals surface area contributed by atoms with E-state index in [2.05, 4.69) is 45.8 Å². The van der Waals surface area contributed by atoms with E-state index in [1.807, 2.05) is 66.1 Å². The standard InChI is InChI=1S/C30H33N7O/c1-3-5-11-28-34-19-27(30(38)33-4-2)37(28)20-21-12-14-23(15-13-21)26-18-24(22-9-7-6-8-10-22)16-17-25(26)29(31)35-36-32/h6-10,12-19H,3-5,11,20H2,1-2H3,(H,33,38)(H3,31,32,35). The van der Waals surface area contributed by atoms with Crippen molar-refractivity contribution in [2.24, 2.45) is 16.2 Å². The first-order valence-corrected chi connectivity index (χ1v) is 12.9. The summed E-state index contributed by atoms with van der Waals surface area (Å²) in [6.45, 7) is 5.16. The van der Waals surface area contributed by atoms with E-state index in [0.29, 0.717) is 24.3 Å². The predicted molar refractivity (Wildman–Crippen MR) is 151 cm³/mol. The molecule has 0 radical (unpaired) electrons. The third kappa shape index (κ3) is 6.03. The Balaban J connectivity index is 1.69. The molecule has 194 valence electrons. The van der Waals surface area contributed by atoms with Crippen LogP contribution in [0.2, 0.25) is 0 Å². The summed E-state index contributed by atoms with van der Waals surface area (Å²) in [5.41, 5.74) is 6.19. The summed E-state index contributed by atoms with van der Waals surface area (Å²) in [5.74, 6) is 6.03. The quantitative estimate of drug-likeness (QED) is 0.0801. The fourth-order valence-electron chi connectivity index (χ4n) is 4.44. The summed E-state index contributed by atoms with van der Waals surface area (Å²) in [5, 5.41) is 18.3. The van der Waals surface area contributed by atoms with Crippen molar-refractivity contribution in [1.82, 2.24) is 14.9 Å². The van der Waals surface area contributed by atoms with E-state index in [9.17, 15) is 4.79 Å². The van der Waals surface area contributed by atoms with Gasteiger partial charge in [0.15, 0.2) is 5.84 Å². The maximum Gasteiger partial charge on any atom is 0.269 e. The van der Waals surface area contributed by atoms with Crippen LogP contribution >= 0.6 is 0 Å². The molecule has 4 N–H and O–H groups in total. The van der Waals surface area contributed by atoms with Crippen LogP contribution in [0.3, 0.4) is 0 Å². The van der Waals surface area contributed by atoms with Crippen LogP contribution < -0.4 is 11.2 Å². The van der Waals surface area contributed by atoms with Crippen LogP contribution in [0, 0.1) is 5.41 Å². The Labute approximate surface area is 223 Å². The van der Waals surface area contributed by atoms with Gasteiger partial charge < -0.3 is 15.7 Å². The second kappa shape index (κ2) is 12.6. The lowest BCUT2D eigenvalue weighted by atomic mass is 9.93. The Kier molecular flexibility index (Phi) is 8.77. The van der Waals surface area contributed by atoms with Crippen LogP contribution in [-0.4, -0.2) is 27.8 Å². The molecule has 0 saturated heterocycles. The number of amides is 1. The van der Waals surface area contributed by atoms with Gasteiger partial charge in [-0.25, -0.2) is 4.98 Å². The molecule has 0 aliphatic carbocycles. The fourth-order valence-corrected chi connectivity index (χ4v) is 4.44. The molecule has 3 aromatic carbocycles. The highest BCUT2D eigenvalue weighted by molar-refractivity contribution is 6.03. The van der Waals surface area contributed by atoms with Crippen molar-refractivity contribution >= 4 is 11.7 Å². The number of hydrogen-bond donors (Lipinski definition) is 3. The Morgan fingerprint density at radius 2 is 1.74 bits per heavy atom. The number of nitrogens with zero attached hydrogens (tertiary/aromatic N) is 4. The fraction of sp³-hybridized carbons (Fsp3) is 0.233. The van der Waals surface area contributed by atoms with Crippen molar-refractivity contribution < 1.29 is 4.79 Å². The lowest BCUT2D eigenvalue weighted by Crippen LogP contribution is -2.26. The van der Waals surface area contributed by atoms with E-state index in [1.165, 1.54) is 0 Å². The molecule has 1 aromatic heterocycles. The zero-order chi connectivity index (χ0) is 26.9. The Hall–Kier alpha value is -4.59. The average Bonchev–Trinajstić information content (AvgIpc) is 3.35. The zero-order valence-electron chi connectivity index (χ0n) is 21.8. The molecule has 0 atom stereocenters. The minimum absolute atomic E-state index is 0.00301. The molecule has 0 spiro atoms. The number of nitrogens with two attached hydrogens (primary N) is 1. The van der Waals surface area contributed by atoms with Crippen LogP contribution in [0.15, 0.2) is 89.3 Å². The van der Waals surface area contributed by atoms with Gasteiger partial charge in [-0.15, -0.1) is 5.11 Å². The minimum atomic E-state index is -0.116. The maximum absolute atomic E-state index is 12.7. The van der Waals surface area contributed by atoms with E-state index in [-0.39, 0.29) is 11.7 Å². The highest BCUT2D eigenvalue weighted by atomic mass is 16.1. The van der Waals surface area contributed by atoms with Crippen molar-refractivity contribution in [2.75, 3.05) is 6.54 Å². The smallest absolute Gasteiger partial charge is 0.269 e. The van der Waals surface area contributed by atoms with Gasteiger partial charge in [-0.2, -0.15) is 0 Å². The molecular weight excluding hydrogens is 474 g/mol. The van der Waals surface area contributed by atoms with Gasteiger partial charge >= 0.3 is 0 Å². The summed E-state index contributed by atoms with van der Waals surface area (Å²) in [6, 6.07) is 24.2. The van der Waals surface area contributed by atoms with E-state index in [0.717, 1.165) is 52.9 Å². The molecule has 0 aliphatic rings. The number of nitrogens with one attached hydrogen (secondary N) is 2. The van der Waals surface area contributed by atoms with Crippen LogP contribution in [-0.2, 0) is 13.0 Å². The molecule has 8 nitrogen and oxygen atoms in total. The molecule has 1 amide bonds. The summed E-state index contributed by atoms with van der Waals surface area (Å²) < 4.78 is 2.01. The molecule has 8 heteroatoms. The summed E-state index contributed by atoms with van der Waals surface area (Å²) in [4.78, 5) is 17.2. The highest BCUT2D eigenvalue weighted by Gasteiger charge is 2.17. The molecule has 4 rings (SSSR count). The van der Waals surface area contributed by atoms with Crippen molar-refractivity contribution in [3.63, 3.8) is 0 Å². The molecule has 4 aromatic rings. The van der Waals surface area contributed by atoms with Gasteiger partial charge in [-0.3, -0.25) is 10.2 Å². The second-order valence-electron chi connectivity index (χ2n) is 9.00. The number of imidazole rings is 1. The number of carbonyl (C=O) groups excluding carboxylic acids is 1. The second-order valence-corrected chi connectivity index (χ2v) is 9.00. The van der Waals surface area contributed by atoms with Crippen LogP contribution in [0.25, 0.3) is 22.3 Å². The first-order chi connectivity index (χ1) is 18.5. The van der Waals surface area contributed by atoms with Crippen molar-refractivity contribution in [1.29, 1.82) is 5.41 Å². The third-order valence-corrected chi connectivity index (χ3v) is 6.41.